The molecule has 2 aromatic rings. The summed E-state index contributed by atoms with van der Waals surface area (Å²) < 4.78 is 0. The summed E-state index contributed by atoms with van der Waals surface area (Å²) in [6.07, 6.45) is 5.75. The van der Waals surface area contributed by atoms with Crippen molar-refractivity contribution >= 4 is 28.9 Å². The average Bonchev–Trinajstić information content (AvgIpc) is 3.07. The molecule has 7 heteroatoms. The van der Waals surface area contributed by atoms with E-state index in [1.54, 1.807) is 37.3 Å². The highest BCUT2D eigenvalue weighted by molar-refractivity contribution is 6.12. The largest absolute Gasteiger partial charge is 0.396 e. The van der Waals surface area contributed by atoms with Crippen molar-refractivity contribution in [1.29, 1.82) is 0 Å². The molecule has 0 saturated carbocycles. The van der Waals surface area contributed by atoms with E-state index in [0.29, 0.717) is 35.6 Å². The number of fused-ring (bicyclic) bond motifs is 1. The summed E-state index contributed by atoms with van der Waals surface area (Å²) in [5.74, 6) is -1.15. The summed E-state index contributed by atoms with van der Waals surface area (Å²) in [6, 6.07) is 14.5. The summed E-state index contributed by atoms with van der Waals surface area (Å²) in [4.78, 5) is 27.9. The van der Waals surface area contributed by atoms with Gasteiger partial charge in [0.25, 0.3) is 5.91 Å². The Labute approximate surface area is 194 Å². The fourth-order valence-electron chi connectivity index (χ4n) is 4.62. The molecule has 0 aliphatic carbocycles. The number of hydrogen-bond acceptors (Lipinski definition) is 5. The van der Waals surface area contributed by atoms with Crippen LogP contribution in [0.2, 0.25) is 0 Å². The van der Waals surface area contributed by atoms with E-state index in [-0.39, 0.29) is 18.4 Å². The number of hydrogen-bond donors (Lipinski definition) is 4. The SMILES string of the molecule is C[C@H](/C=C/CCO)[C@@]1(O)C(=O)N(c2ccccc2)c2ccc(NC(=O)C3CCCNC3)cc21. The molecular weight excluding hydrogens is 418 g/mol. The fraction of sp³-hybridized carbons (Fsp3) is 0.385. The van der Waals surface area contributed by atoms with Crippen molar-refractivity contribution in [2.24, 2.45) is 11.8 Å². The lowest BCUT2D eigenvalue weighted by Crippen LogP contribution is -2.42. The van der Waals surface area contributed by atoms with E-state index >= 15 is 0 Å². The van der Waals surface area contributed by atoms with Gasteiger partial charge in [0.15, 0.2) is 5.60 Å². The molecular formula is C26H31N3O4. The lowest BCUT2D eigenvalue weighted by atomic mass is 9.82. The van der Waals surface area contributed by atoms with Crippen LogP contribution in [0.25, 0.3) is 0 Å². The zero-order valence-electron chi connectivity index (χ0n) is 18.8. The number of benzene rings is 2. The molecule has 1 saturated heterocycles. The Morgan fingerprint density at radius 2 is 2.09 bits per heavy atom. The van der Waals surface area contributed by atoms with Crippen LogP contribution in [0, 0.1) is 11.8 Å². The Bertz CT molecular complexity index is 1030. The van der Waals surface area contributed by atoms with Gasteiger partial charge in [-0.25, -0.2) is 0 Å². The Morgan fingerprint density at radius 1 is 1.30 bits per heavy atom. The van der Waals surface area contributed by atoms with Crippen LogP contribution in [0.4, 0.5) is 17.1 Å². The molecule has 3 atom stereocenters. The molecule has 0 bridgehead atoms. The Kier molecular flexibility index (Phi) is 6.93. The number of carbonyl (C=O) groups is 2. The van der Waals surface area contributed by atoms with E-state index in [9.17, 15) is 14.7 Å². The molecule has 2 aliphatic rings. The van der Waals surface area contributed by atoms with Crippen LogP contribution < -0.4 is 15.5 Å². The molecule has 174 valence electrons. The van der Waals surface area contributed by atoms with Gasteiger partial charge in [0.1, 0.15) is 0 Å². The number of anilines is 3. The highest BCUT2D eigenvalue weighted by Gasteiger charge is 2.53. The molecule has 2 aliphatic heterocycles. The zero-order chi connectivity index (χ0) is 23.4. The second-order valence-corrected chi connectivity index (χ2v) is 8.74. The second kappa shape index (κ2) is 9.87. The zero-order valence-corrected chi connectivity index (χ0v) is 18.8. The number of piperidine rings is 1. The molecule has 0 aromatic heterocycles. The van der Waals surface area contributed by atoms with E-state index in [1.165, 1.54) is 4.90 Å². The third kappa shape index (κ3) is 4.44. The molecule has 0 radical (unpaired) electrons. The molecule has 4 N–H and O–H groups in total. The lowest BCUT2D eigenvalue weighted by Gasteiger charge is -2.28. The van der Waals surface area contributed by atoms with E-state index in [2.05, 4.69) is 10.6 Å². The first-order valence-electron chi connectivity index (χ1n) is 11.5. The van der Waals surface area contributed by atoms with Gasteiger partial charge in [-0.15, -0.1) is 0 Å². The van der Waals surface area contributed by atoms with Crippen molar-refractivity contribution in [2.45, 2.75) is 31.8 Å². The predicted octanol–water partition coefficient (Wildman–Crippen LogP) is 3.07. The van der Waals surface area contributed by atoms with Gasteiger partial charge in [-0.2, -0.15) is 0 Å². The van der Waals surface area contributed by atoms with Crippen molar-refractivity contribution in [3.8, 4) is 0 Å². The van der Waals surface area contributed by atoms with E-state index in [1.807, 2.05) is 30.3 Å². The fourth-order valence-corrected chi connectivity index (χ4v) is 4.62. The quantitative estimate of drug-likeness (QED) is 0.487. The van der Waals surface area contributed by atoms with Gasteiger partial charge in [0.2, 0.25) is 5.91 Å². The van der Waals surface area contributed by atoms with Gasteiger partial charge >= 0.3 is 0 Å². The molecule has 1 unspecified atom stereocenters. The standard InChI is InChI=1S/C26H31N3O4/c1-18(8-5-6-15-30)26(33)22-16-20(28-24(31)19-9-7-14-27-17-19)12-13-23(22)29(25(26)32)21-10-3-2-4-11-21/h2-5,8,10-13,16,18-19,27,30,33H,6-7,9,14-15,17H2,1H3,(H,28,31)/b8-5+/t18-,19?,26+/m1/s1. The van der Waals surface area contributed by atoms with Crippen molar-refractivity contribution in [2.75, 3.05) is 29.9 Å². The number of rotatable bonds is 7. The third-order valence-electron chi connectivity index (χ3n) is 6.51. The highest BCUT2D eigenvalue weighted by Crippen LogP contribution is 2.49. The van der Waals surface area contributed by atoms with Gasteiger partial charge in [0.05, 0.1) is 11.6 Å². The van der Waals surface area contributed by atoms with Crippen LogP contribution in [0.3, 0.4) is 0 Å². The molecule has 2 amide bonds. The smallest absolute Gasteiger partial charge is 0.268 e. The molecule has 33 heavy (non-hydrogen) atoms. The van der Waals surface area contributed by atoms with E-state index in [4.69, 9.17) is 5.11 Å². The Balaban J connectivity index is 1.71. The number of nitrogens with zero attached hydrogens (tertiary/aromatic N) is 1. The van der Waals surface area contributed by atoms with Crippen LogP contribution in [0.1, 0.15) is 31.7 Å². The van der Waals surface area contributed by atoms with Crippen molar-refractivity contribution in [3.05, 3.63) is 66.2 Å². The van der Waals surface area contributed by atoms with Gasteiger partial charge in [0, 0.05) is 36.0 Å². The second-order valence-electron chi connectivity index (χ2n) is 8.74. The van der Waals surface area contributed by atoms with Crippen LogP contribution in [-0.4, -0.2) is 41.7 Å². The van der Waals surface area contributed by atoms with Gasteiger partial charge < -0.3 is 20.8 Å². The number of carbonyl (C=O) groups excluding carboxylic acids is 2. The number of aliphatic hydroxyl groups is 2. The summed E-state index contributed by atoms with van der Waals surface area (Å²) in [5.41, 5.74) is 0.461. The average molecular weight is 450 g/mol. The molecule has 2 aromatic carbocycles. The molecule has 0 spiro atoms. The summed E-state index contributed by atoms with van der Waals surface area (Å²) in [5, 5.41) is 27.1. The topological polar surface area (TPSA) is 102 Å². The minimum Gasteiger partial charge on any atom is -0.396 e. The van der Waals surface area contributed by atoms with Crippen LogP contribution >= 0.6 is 0 Å². The van der Waals surface area contributed by atoms with Gasteiger partial charge in [-0.05, 0) is 56.1 Å². The summed E-state index contributed by atoms with van der Waals surface area (Å²) in [6.45, 7) is 3.35. The first-order chi connectivity index (χ1) is 16.0. The minimum atomic E-state index is -1.80. The van der Waals surface area contributed by atoms with Crippen molar-refractivity contribution in [1.82, 2.24) is 5.32 Å². The maximum Gasteiger partial charge on any atom is 0.268 e. The Hall–Kier alpha value is -3.00. The number of amides is 2. The number of nitrogens with one attached hydrogen (secondary N) is 2. The molecule has 2 heterocycles. The molecule has 4 rings (SSSR count). The van der Waals surface area contributed by atoms with Crippen LogP contribution in [0.15, 0.2) is 60.7 Å². The summed E-state index contributed by atoms with van der Waals surface area (Å²) >= 11 is 0. The predicted molar refractivity (Wildman–Crippen MR) is 128 cm³/mol. The Morgan fingerprint density at radius 3 is 2.79 bits per heavy atom. The van der Waals surface area contributed by atoms with Gasteiger partial charge in [-0.1, -0.05) is 37.3 Å². The van der Waals surface area contributed by atoms with E-state index in [0.717, 1.165) is 19.4 Å². The number of para-hydroxylation sites is 1. The summed E-state index contributed by atoms with van der Waals surface area (Å²) in [7, 11) is 0. The highest BCUT2D eigenvalue weighted by atomic mass is 16.3. The maximum atomic E-state index is 13.6. The first-order valence-corrected chi connectivity index (χ1v) is 11.5. The lowest BCUT2D eigenvalue weighted by molar-refractivity contribution is -0.138. The van der Waals surface area contributed by atoms with E-state index < -0.39 is 17.4 Å². The normalized spacial score (nSPS) is 23.5. The van der Waals surface area contributed by atoms with Crippen LogP contribution in [0.5, 0.6) is 0 Å². The maximum absolute atomic E-state index is 13.6. The van der Waals surface area contributed by atoms with Gasteiger partial charge in [-0.3, -0.25) is 14.5 Å². The molecule has 7 nitrogen and oxygen atoms in total. The first kappa shape index (κ1) is 23.2. The third-order valence-corrected chi connectivity index (χ3v) is 6.51. The van der Waals surface area contributed by atoms with Crippen molar-refractivity contribution < 1.29 is 19.8 Å². The minimum absolute atomic E-state index is 0.00543. The monoisotopic (exact) mass is 449 g/mol. The van der Waals surface area contributed by atoms with Crippen molar-refractivity contribution in [3.63, 3.8) is 0 Å². The van der Waals surface area contributed by atoms with Crippen LogP contribution in [-0.2, 0) is 15.2 Å². The molecule has 1 fully saturated rings. The number of aliphatic hydroxyl groups excluding tert-OH is 1.